The average molecular weight is 917 g/mol. The molecule has 0 aliphatic carbocycles. The first-order valence-electron chi connectivity index (χ1n) is 22.0. The van der Waals surface area contributed by atoms with Crippen LogP contribution in [0.5, 0.6) is 0 Å². The van der Waals surface area contributed by atoms with Crippen molar-refractivity contribution in [3.05, 3.63) is 18.2 Å². The highest BCUT2D eigenvalue weighted by molar-refractivity contribution is 5.96. The molecule has 22 nitrogen and oxygen atoms in total. The number of carbonyl (C=O) groups is 6. The summed E-state index contributed by atoms with van der Waals surface area (Å²) >= 11 is 0. The van der Waals surface area contributed by atoms with E-state index in [1.807, 2.05) is 0 Å². The van der Waals surface area contributed by atoms with Gasteiger partial charge in [-0.25, -0.2) is 4.98 Å². The minimum Gasteiger partial charge on any atom is -0.382 e. The number of imidazole rings is 1. The lowest BCUT2D eigenvalue weighted by Gasteiger charge is -2.27. The lowest BCUT2D eigenvalue weighted by atomic mass is 10.0. The smallest absolute Gasteiger partial charge is 0.243 e. The third-order valence-corrected chi connectivity index (χ3v) is 9.45. The number of hydrogen-bond acceptors (Lipinski definition) is 15. The molecule has 6 amide bonds. The minimum atomic E-state index is -1.15. The number of hydrogen-bond donors (Lipinski definition) is 6. The number of methoxy groups -OCH3 is 1. The van der Waals surface area contributed by atoms with Gasteiger partial charge in [-0.3, -0.25) is 28.8 Å². The number of nitrogens with one attached hydrogen (secondary N) is 6. The van der Waals surface area contributed by atoms with Gasteiger partial charge >= 0.3 is 0 Å². The van der Waals surface area contributed by atoms with Crippen LogP contribution in [0.1, 0.15) is 59.6 Å². The van der Waals surface area contributed by atoms with Crippen LogP contribution in [-0.4, -0.2) is 188 Å². The molecular formula is C42H76N8O14. The Labute approximate surface area is 377 Å². The Balaban J connectivity index is 2.43. The number of ether oxygens (including phenoxy) is 8. The van der Waals surface area contributed by atoms with Crippen LogP contribution in [0.2, 0.25) is 0 Å². The highest BCUT2D eigenvalue weighted by Crippen LogP contribution is 2.07. The van der Waals surface area contributed by atoms with Crippen LogP contribution in [0.15, 0.2) is 12.5 Å². The van der Waals surface area contributed by atoms with Crippen LogP contribution < -0.4 is 31.9 Å². The van der Waals surface area contributed by atoms with Crippen molar-refractivity contribution in [2.24, 2.45) is 13.0 Å². The monoisotopic (exact) mass is 917 g/mol. The van der Waals surface area contributed by atoms with Crippen LogP contribution >= 0.6 is 0 Å². The van der Waals surface area contributed by atoms with Gasteiger partial charge in [0.1, 0.15) is 30.2 Å². The van der Waals surface area contributed by atoms with Crippen molar-refractivity contribution in [1.29, 1.82) is 0 Å². The Morgan fingerprint density at radius 3 is 1.42 bits per heavy atom. The molecule has 0 bridgehead atoms. The summed E-state index contributed by atoms with van der Waals surface area (Å²) in [5.74, 6) is -3.59. The second-order valence-corrected chi connectivity index (χ2v) is 14.9. The van der Waals surface area contributed by atoms with Gasteiger partial charge in [-0.2, -0.15) is 0 Å². The van der Waals surface area contributed by atoms with Gasteiger partial charge in [0.2, 0.25) is 35.4 Å². The fourth-order valence-corrected chi connectivity index (χ4v) is 5.60. The molecule has 0 aliphatic rings. The van der Waals surface area contributed by atoms with E-state index in [1.165, 1.54) is 14.0 Å². The maximum absolute atomic E-state index is 13.6. The van der Waals surface area contributed by atoms with Gasteiger partial charge in [0.25, 0.3) is 0 Å². The van der Waals surface area contributed by atoms with Crippen LogP contribution in [0.25, 0.3) is 0 Å². The number of likely N-dealkylation sites (N-methyl/N-ethyl adjacent to an activating group) is 1. The molecule has 0 fully saturated rings. The molecule has 0 unspecified atom stereocenters. The second-order valence-electron chi connectivity index (χ2n) is 14.9. The molecule has 1 aromatic heterocycles. The van der Waals surface area contributed by atoms with E-state index in [0.29, 0.717) is 98.0 Å². The summed E-state index contributed by atoms with van der Waals surface area (Å²) in [6.45, 7) is 14.6. The summed E-state index contributed by atoms with van der Waals surface area (Å²) in [5, 5.41) is 15.9. The largest absolute Gasteiger partial charge is 0.382 e. The first-order chi connectivity index (χ1) is 30.8. The fraction of sp³-hybridized carbons (Fsp3) is 0.786. The minimum absolute atomic E-state index is 0.0112. The van der Waals surface area contributed by atoms with E-state index >= 15 is 0 Å². The van der Waals surface area contributed by atoms with E-state index in [1.54, 1.807) is 58.9 Å². The molecule has 368 valence electrons. The van der Waals surface area contributed by atoms with Crippen molar-refractivity contribution in [2.45, 2.75) is 90.5 Å². The molecule has 6 N–H and O–H groups in total. The maximum atomic E-state index is 13.6. The summed E-state index contributed by atoms with van der Waals surface area (Å²) in [7, 11) is 4.83. The molecule has 1 heterocycles. The SMILES string of the molecule is CC[C@H](NC(=O)CCOCCOCCOCCOCCOCCOCCOCCOC)C(=O)N[C@@H](Cc1cncn1C)C(=O)N[C@@H](C)C(=O)N[C@H](C(=O)N[C@@H](CC)C(=O)NC)C(C)C. The summed E-state index contributed by atoms with van der Waals surface area (Å²) in [6, 6.07) is -5.01. The van der Waals surface area contributed by atoms with Gasteiger partial charge in [0, 0.05) is 45.9 Å². The molecule has 0 spiro atoms. The van der Waals surface area contributed by atoms with Gasteiger partial charge in [-0.05, 0) is 25.7 Å². The van der Waals surface area contributed by atoms with Gasteiger partial charge < -0.3 is 74.4 Å². The van der Waals surface area contributed by atoms with Crippen molar-refractivity contribution in [3.63, 3.8) is 0 Å². The van der Waals surface area contributed by atoms with Gasteiger partial charge in [0.15, 0.2) is 0 Å². The zero-order valence-corrected chi connectivity index (χ0v) is 39.2. The average Bonchev–Trinajstić information content (AvgIpc) is 3.68. The van der Waals surface area contributed by atoms with Gasteiger partial charge in [-0.1, -0.05) is 27.7 Å². The van der Waals surface area contributed by atoms with Crippen LogP contribution in [0, 0.1) is 5.92 Å². The van der Waals surface area contributed by atoms with E-state index in [9.17, 15) is 28.8 Å². The zero-order chi connectivity index (χ0) is 47.5. The number of carbonyl (C=O) groups excluding carboxylic acids is 6. The standard InChI is InChI=1S/C42H76N8O14/c1-9-33(39(53)43-6)47-42(56)37(30(3)4)49-38(52)31(5)45-41(55)35(27-32-28-44-29-50(32)7)48-40(54)34(10-2)46-36(51)11-12-58-15-16-60-19-20-62-23-24-64-26-25-63-22-21-61-18-17-59-14-13-57-8/h28-31,33-35,37H,9-27H2,1-8H3,(H,43,53)(H,45,55)(H,46,51)(H,47,56)(H,48,54)(H,49,52)/t31-,33-,34-,35-,37-/m0/s1. The highest BCUT2D eigenvalue weighted by Gasteiger charge is 2.32. The predicted octanol–water partition coefficient (Wildman–Crippen LogP) is -1.22. The van der Waals surface area contributed by atoms with Crippen LogP contribution in [-0.2, 0) is 80.1 Å². The summed E-state index contributed by atoms with van der Waals surface area (Å²) < 4.78 is 44.7. The van der Waals surface area contributed by atoms with E-state index in [-0.39, 0.29) is 44.3 Å². The number of amides is 6. The van der Waals surface area contributed by atoms with Crippen molar-refractivity contribution in [1.82, 2.24) is 41.5 Å². The van der Waals surface area contributed by atoms with Crippen molar-refractivity contribution >= 4 is 35.4 Å². The number of rotatable bonds is 39. The number of aromatic nitrogens is 2. The molecule has 22 heteroatoms. The number of aryl methyl sites for hydroxylation is 1. The Morgan fingerprint density at radius 1 is 0.562 bits per heavy atom. The first-order valence-corrected chi connectivity index (χ1v) is 22.0. The van der Waals surface area contributed by atoms with Crippen molar-refractivity contribution in [2.75, 3.05) is 113 Å². The first kappa shape index (κ1) is 57.7. The van der Waals surface area contributed by atoms with E-state index in [0.717, 1.165) is 0 Å². The Kier molecular flexibility index (Phi) is 32.5. The predicted molar refractivity (Wildman–Crippen MR) is 234 cm³/mol. The molecule has 0 saturated heterocycles. The molecule has 0 aliphatic heterocycles. The topological polar surface area (TPSA) is 266 Å². The second kappa shape index (κ2) is 36.0. The fourth-order valence-electron chi connectivity index (χ4n) is 5.60. The van der Waals surface area contributed by atoms with Crippen LogP contribution in [0.4, 0.5) is 0 Å². The molecule has 64 heavy (non-hydrogen) atoms. The maximum Gasteiger partial charge on any atom is 0.243 e. The third-order valence-electron chi connectivity index (χ3n) is 9.45. The quantitative estimate of drug-likeness (QED) is 0.0423. The summed E-state index contributed by atoms with van der Waals surface area (Å²) in [6.07, 6.45) is 3.69. The molecule has 1 rings (SSSR count). The highest BCUT2D eigenvalue weighted by atomic mass is 16.6. The molecule has 1 aromatic rings. The Bertz CT molecular complexity index is 1470. The normalized spacial score (nSPS) is 13.6. The van der Waals surface area contributed by atoms with E-state index in [2.05, 4.69) is 36.9 Å². The van der Waals surface area contributed by atoms with E-state index < -0.39 is 59.7 Å². The lowest BCUT2D eigenvalue weighted by Crippen LogP contribution is -2.59. The van der Waals surface area contributed by atoms with Crippen molar-refractivity contribution in [3.8, 4) is 0 Å². The van der Waals surface area contributed by atoms with Crippen molar-refractivity contribution < 1.29 is 66.7 Å². The summed E-state index contributed by atoms with van der Waals surface area (Å²) in [5.41, 5.74) is 0.624. The molecular weight excluding hydrogens is 841 g/mol. The van der Waals surface area contributed by atoms with Gasteiger partial charge in [0.05, 0.1) is 105 Å². The van der Waals surface area contributed by atoms with Gasteiger partial charge in [-0.15, -0.1) is 0 Å². The molecule has 0 saturated carbocycles. The lowest BCUT2D eigenvalue weighted by molar-refractivity contribution is -0.135. The third kappa shape index (κ3) is 25.9. The van der Waals surface area contributed by atoms with Crippen LogP contribution in [0.3, 0.4) is 0 Å². The molecule has 0 radical (unpaired) electrons. The Morgan fingerprint density at radius 2 is 1.00 bits per heavy atom. The number of nitrogens with zero attached hydrogens (tertiary/aromatic N) is 2. The molecule has 0 aromatic carbocycles. The zero-order valence-electron chi connectivity index (χ0n) is 39.2. The molecule has 5 atom stereocenters. The van der Waals surface area contributed by atoms with E-state index in [4.69, 9.17) is 37.9 Å². The Hall–Kier alpha value is -4.29. The summed E-state index contributed by atoms with van der Waals surface area (Å²) in [4.78, 5) is 82.4.